The lowest BCUT2D eigenvalue weighted by atomic mass is 10.2. The van der Waals surface area contributed by atoms with E-state index in [1.165, 1.54) is 11.8 Å². The smallest absolute Gasteiger partial charge is 0.186 e. The third-order valence-corrected chi connectivity index (χ3v) is 4.86. The average molecular weight is 405 g/mol. The first-order valence-electron chi connectivity index (χ1n) is 6.78. The summed E-state index contributed by atoms with van der Waals surface area (Å²) in [6.45, 7) is 0. The van der Waals surface area contributed by atoms with E-state index in [0.717, 1.165) is 25.9 Å². The summed E-state index contributed by atoms with van der Waals surface area (Å²) in [4.78, 5) is 1.04. The van der Waals surface area contributed by atoms with E-state index < -0.39 is 0 Å². The third kappa shape index (κ3) is 3.99. The zero-order chi connectivity index (χ0) is 16.1. The minimum Gasteiger partial charge on any atom is -0.186 e. The molecule has 0 atom stereocenters. The molecule has 0 bridgehead atoms. The lowest BCUT2D eigenvalue weighted by molar-refractivity contribution is 0.775. The largest absolute Gasteiger partial charge is 0.212 e. The topological polar surface area (TPSA) is 43.1 Å². The van der Waals surface area contributed by atoms with Crippen LogP contribution in [0.5, 0.6) is 0 Å². The molecule has 3 rings (SSSR count). The van der Waals surface area contributed by atoms with Crippen molar-refractivity contribution < 1.29 is 0 Å². The van der Waals surface area contributed by atoms with Crippen molar-refractivity contribution in [2.75, 3.05) is 6.26 Å². The van der Waals surface area contributed by atoms with Gasteiger partial charge in [-0.05, 0) is 45.3 Å². The molecule has 0 saturated carbocycles. The fourth-order valence-corrected chi connectivity index (χ4v) is 3.39. The van der Waals surface area contributed by atoms with Crippen LogP contribution >= 0.6 is 39.0 Å². The molecule has 116 valence electrons. The number of rotatable bonds is 5. The molecule has 0 spiro atoms. The van der Waals surface area contributed by atoms with Crippen LogP contribution in [0.15, 0.2) is 62.6 Å². The molecule has 23 heavy (non-hydrogen) atoms. The minimum absolute atomic E-state index is 0.751. The van der Waals surface area contributed by atoms with E-state index in [1.807, 2.05) is 60.2 Å². The number of nitrogens with zero attached hydrogens (tertiary/aromatic N) is 4. The first-order chi connectivity index (χ1) is 11.3. The Morgan fingerprint density at radius 2 is 2.04 bits per heavy atom. The van der Waals surface area contributed by atoms with Gasteiger partial charge in [0, 0.05) is 4.48 Å². The van der Waals surface area contributed by atoms with Crippen LogP contribution in [0.3, 0.4) is 0 Å². The van der Waals surface area contributed by atoms with Gasteiger partial charge in [-0.1, -0.05) is 48.2 Å². The van der Waals surface area contributed by atoms with Crippen molar-refractivity contribution in [3.05, 3.63) is 57.9 Å². The number of hydrogen-bond donors (Lipinski definition) is 0. The van der Waals surface area contributed by atoms with Crippen LogP contribution in [0.25, 0.3) is 16.8 Å². The van der Waals surface area contributed by atoms with Crippen molar-refractivity contribution in [3.63, 3.8) is 0 Å². The molecule has 1 aromatic carbocycles. The molecule has 0 amide bonds. The summed E-state index contributed by atoms with van der Waals surface area (Å²) in [5.74, 6) is 0.751. The zero-order valence-corrected chi connectivity index (χ0v) is 15.5. The number of allylic oxidation sites excluding steroid dienone is 1. The molecule has 0 fully saturated rings. The summed E-state index contributed by atoms with van der Waals surface area (Å²) >= 11 is 6.67. The van der Waals surface area contributed by atoms with Crippen LogP contribution in [-0.4, -0.2) is 27.3 Å². The molecule has 0 N–H and O–H groups in total. The van der Waals surface area contributed by atoms with Gasteiger partial charge in [-0.3, -0.25) is 0 Å². The van der Waals surface area contributed by atoms with Crippen molar-refractivity contribution in [1.29, 1.82) is 0 Å². The molecule has 4 nitrogen and oxygen atoms in total. The summed E-state index contributed by atoms with van der Waals surface area (Å²) in [5, 5.41) is 15.7. The normalized spacial score (nSPS) is 12.2. The van der Waals surface area contributed by atoms with Crippen molar-refractivity contribution in [1.82, 2.24) is 14.9 Å². The Hall–Kier alpha value is -1.70. The van der Waals surface area contributed by atoms with Gasteiger partial charge in [-0.15, -0.1) is 21.5 Å². The van der Waals surface area contributed by atoms with Crippen molar-refractivity contribution in [2.24, 2.45) is 5.10 Å². The number of thioether (sulfide) groups is 1. The van der Waals surface area contributed by atoms with E-state index in [2.05, 4.69) is 31.2 Å². The van der Waals surface area contributed by atoms with Crippen LogP contribution < -0.4 is 0 Å². The summed E-state index contributed by atoms with van der Waals surface area (Å²) in [5.41, 5.74) is 1.11. The van der Waals surface area contributed by atoms with E-state index in [-0.39, 0.29) is 0 Å². The molecular formula is C16H13BrN4S2. The van der Waals surface area contributed by atoms with E-state index >= 15 is 0 Å². The lowest BCUT2D eigenvalue weighted by Gasteiger charge is -2.00. The summed E-state index contributed by atoms with van der Waals surface area (Å²) in [6.07, 6.45) is 5.73. The Morgan fingerprint density at radius 3 is 2.74 bits per heavy atom. The number of halogens is 1. The Morgan fingerprint density at radius 1 is 1.22 bits per heavy atom. The molecular weight excluding hydrogens is 392 g/mol. The van der Waals surface area contributed by atoms with Gasteiger partial charge in [0.2, 0.25) is 5.16 Å². The molecule has 2 heterocycles. The highest BCUT2D eigenvalue weighted by atomic mass is 79.9. The Kier molecular flexibility index (Phi) is 5.43. The van der Waals surface area contributed by atoms with Gasteiger partial charge in [0.25, 0.3) is 0 Å². The van der Waals surface area contributed by atoms with E-state index in [1.54, 1.807) is 22.2 Å². The summed E-state index contributed by atoms with van der Waals surface area (Å²) < 4.78 is 2.64. The van der Waals surface area contributed by atoms with Crippen molar-refractivity contribution in [2.45, 2.75) is 5.16 Å². The Balaban J connectivity index is 1.90. The number of hydrogen-bond acceptors (Lipinski definition) is 5. The van der Waals surface area contributed by atoms with Gasteiger partial charge in [0.15, 0.2) is 5.82 Å². The SMILES string of the molecule is CSc1nnc(-c2cccs2)n1/N=C\C(Br)=C\c1ccccc1. The second-order valence-corrected chi connectivity index (χ2v) is 7.12. The lowest BCUT2D eigenvalue weighted by Crippen LogP contribution is -1.94. The first-order valence-corrected chi connectivity index (χ1v) is 9.67. The molecule has 0 aliphatic heterocycles. The van der Waals surface area contributed by atoms with Gasteiger partial charge in [0.05, 0.1) is 11.1 Å². The molecule has 0 radical (unpaired) electrons. The van der Waals surface area contributed by atoms with Gasteiger partial charge in [-0.2, -0.15) is 9.78 Å². The number of thiophene rings is 1. The first kappa shape index (κ1) is 16.2. The monoisotopic (exact) mass is 404 g/mol. The van der Waals surface area contributed by atoms with Crippen LogP contribution in [-0.2, 0) is 0 Å². The van der Waals surface area contributed by atoms with Crippen molar-refractivity contribution in [3.8, 4) is 10.7 Å². The van der Waals surface area contributed by atoms with Gasteiger partial charge in [0.1, 0.15) is 0 Å². The molecule has 0 unspecified atom stereocenters. The maximum Gasteiger partial charge on any atom is 0.212 e. The van der Waals surface area contributed by atoms with Crippen LogP contribution in [0.2, 0.25) is 0 Å². The molecule has 3 aromatic rings. The van der Waals surface area contributed by atoms with E-state index in [9.17, 15) is 0 Å². The predicted molar refractivity (Wildman–Crippen MR) is 102 cm³/mol. The highest BCUT2D eigenvalue weighted by Gasteiger charge is 2.13. The molecule has 2 aromatic heterocycles. The Bertz CT molecular complexity index is 823. The van der Waals surface area contributed by atoms with Crippen molar-refractivity contribution >= 4 is 51.3 Å². The molecule has 0 aliphatic rings. The average Bonchev–Trinajstić information content (AvgIpc) is 3.22. The number of benzene rings is 1. The molecule has 7 heteroatoms. The fourth-order valence-electron chi connectivity index (χ4n) is 1.91. The molecule has 0 saturated heterocycles. The van der Waals surface area contributed by atoms with Crippen LogP contribution in [0.1, 0.15) is 5.56 Å². The fraction of sp³-hybridized carbons (Fsp3) is 0.0625. The second-order valence-electron chi connectivity index (χ2n) is 4.48. The summed E-state index contributed by atoms with van der Waals surface area (Å²) in [7, 11) is 0. The molecule has 0 aliphatic carbocycles. The Labute approximate surface area is 151 Å². The predicted octanol–water partition coefficient (Wildman–Crippen LogP) is 5.00. The second kappa shape index (κ2) is 7.72. The van der Waals surface area contributed by atoms with Gasteiger partial charge < -0.3 is 0 Å². The number of aromatic nitrogens is 3. The van der Waals surface area contributed by atoms with Gasteiger partial charge >= 0.3 is 0 Å². The third-order valence-electron chi connectivity index (χ3n) is 2.94. The maximum absolute atomic E-state index is 4.53. The standard InChI is InChI=1S/C16H13BrN4S2/c1-22-16-20-19-15(14-8-5-9-23-14)21(16)18-11-13(17)10-12-6-3-2-4-7-12/h2-11H,1H3/b13-10-,18-11-. The maximum atomic E-state index is 4.53. The van der Waals surface area contributed by atoms with Crippen LogP contribution in [0.4, 0.5) is 0 Å². The quantitative estimate of drug-likeness (QED) is 0.443. The van der Waals surface area contributed by atoms with Gasteiger partial charge in [-0.25, -0.2) is 0 Å². The summed E-state index contributed by atoms with van der Waals surface area (Å²) in [6, 6.07) is 14.1. The van der Waals surface area contributed by atoms with E-state index in [0.29, 0.717) is 0 Å². The highest BCUT2D eigenvalue weighted by molar-refractivity contribution is 9.12. The van der Waals surface area contributed by atoms with Crippen LogP contribution in [0, 0.1) is 0 Å². The van der Waals surface area contributed by atoms with E-state index in [4.69, 9.17) is 0 Å². The zero-order valence-electron chi connectivity index (χ0n) is 12.3. The minimum atomic E-state index is 0.751. The highest BCUT2D eigenvalue weighted by Crippen LogP contribution is 2.26.